The molecule has 0 bridgehead atoms. The van der Waals surface area contributed by atoms with E-state index in [1.165, 1.54) is 0 Å². The lowest BCUT2D eigenvalue weighted by Gasteiger charge is -2.35. The molecule has 144 valence electrons. The number of hydrogen-bond donors (Lipinski definition) is 1. The first-order chi connectivity index (χ1) is 13.6. The lowest BCUT2D eigenvalue weighted by molar-refractivity contribution is 0.105. The van der Waals surface area contributed by atoms with Gasteiger partial charge >= 0.3 is 6.09 Å². The Kier molecular flexibility index (Phi) is 4.61. The molecule has 0 atom stereocenters. The summed E-state index contributed by atoms with van der Waals surface area (Å²) in [6, 6.07) is 4.25. The number of aryl methyl sites for hydroxylation is 1. The number of piperazine rings is 1. The molecule has 0 radical (unpaired) electrons. The van der Waals surface area contributed by atoms with Gasteiger partial charge in [0, 0.05) is 51.2 Å². The second kappa shape index (κ2) is 7.23. The smallest absolute Gasteiger partial charge is 0.409 e. The van der Waals surface area contributed by atoms with Gasteiger partial charge in [0.25, 0.3) is 0 Å². The van der Waals surface area contributed by atoms with E-state index in [4.69, 9.17) is 4.74 Å². The predicted molar refractivity (Wildman–Crippen MR) is 104 cm³/mol. The van der Waals surface area contributed by atoms with Crippen LogP contribution < -0.4 is 4.90 Å². The first kappa shape index (κ1) is 17.9. The molecule has 1 saturated heterocycles. The summed E-state index contributed by atoms with van der Waals surface area (Å²) in [6.07, 6.45) is 5.05. The quantitative estimate of drug-likeness (QED) is 0.748. The Morgan fingerprint density at radius 2 is 2.14 bits per heavy atom. The van der Waals surface area contributed by atoms with E-state index in [2.05, 4.69) is 26.0 Å². The number of carbonyl (C=O) groups excluding carboxylic acids is 1. The van der Waals surface area contributed by atoms with E-state index in [0.717, 1.165) is 22.3 Å². The van der Waals surface area contributed by atoms with E-state index < -0.39 is 0 Å². The van der Waals surface area contributed by atoms with Crippen LogP contribution in [-0.4, -0.2) is 63.5 Å². The first-order valence-corrected chi connectivity index (χ1v) is 9.18. The largest absolute Gasteiger partial charge is 0.450 e. The van der Waals surface area contributed by atoms with E-state index in [0.29, 0.717) is 44.0 Å². The Hall–Kier alpha value is -3.54. The fourth-order valence-electron chi connectivity index (χ4n) is 3.59. The Bertz CT molecular complexity index is 1050. The van der Waals surface area contributed by atoms with Crippen molar-refractivity contribution in [2.45, 2.75) is 6.92 Å². The average Bonchev–Trinajstić information content (AvgIpc) is 3.31. The molecule has 28 heavy (non-hydrogen) atoms. The zero-order chi connectivity index (χ0) is 19.7. The van der Waals surface area contributed by atoms with Gasteiger partial charge in [-0.15, -0.1) is 0 Å². The van der Waals surface area contributed by atoms with Gasteiger partial charge in [0.2, 0.25) is 0 Å². The number of pyridine rings is 1. The Morgan fingerprint density at radius 3 is 2.79 bits per heavy atom. The van der Waals surface area contributed by atoms with Crippen molar-refractivity contribution in [2.75, 3.05) is 37.7 Å². The summed E-state index contributed by atoms with van der Waals surface area (Å²) in [7, 11) is 1.84. The van der Waals surface area contributed by atoms with Gasteiger partial charge in [0.1, 0.15) is 11.7 Å². The van der Waals surface area contributed by atoms with Crippen LogP contribution >= 0.6 is 0 Å². The highest BCUT2D eigenvalue weighted by atomic mass is 16.6. The van der Waals surface area contributed by atoms with E-state index in [1.807, 2.05) is 19.3 Å². The highest BCUT2D eigenvalue weighted by Crippen LogP contribution is 2.35. The molecule has 1 aliphatic rings. The van der Waals surface area contributed by atoms with Crippen LogP contribution in [0.3, 0.4) is 0 Å². The highest BCUT2D eigenvalue weighted by molar-refractivity contribution is 6.00. The number of ether oxygens (including phenoxy) is 1. The van der Waals surface area contributed by atoms with E-state index >= 15 is 0 Å². The monoisotopic (exact) mass is 379 g/mol. The SMILES string of the molecule is CCOC(=O)N1CCN(c2ccnc3[nH]c(-c4cnn(C)c4)c(C#N)c23)CC1. The minimum atomic E-state index is -0.278. The van der Waals surface area contributed by atoms with Gasteiger partial charge in [0.05, 0.1) is 35.1 Å². The van der Waals surface area contributed by atoms with Gasteiger partial charge in [-0.2, -0.15) is 10.4 Å². The van der Waals surface area contributed by atoms with Gasteiger partial charge in [-0.3, -0.25) is 4.68 Å². The summed E-state index contributed by atoms with van der Waals surface area (Å²) in [5.41, 5.74) is 3.72. The molecular formula is C19H21N7O2. The van der Waals surface area contributed by atoms with Crippen molar-refractivity contribution in [2.24, 2.45) is 7.05 Å². The van der Waals surface area contributed by atoms with Crippen LogP contribution in [0.5, 0.6) is 0 Å². The maximum Gasteiger partial charge on any atom is 0.409 e. The Morgan fingerprint density at radius 1 is 1.36 bits per heavy atom. The number of nitrogens with one attached hydrogen (secondary N) is 1. The van der Waals surface area contributed by atoms with Crippen LogP contribution in [0.4, 0.5) is 10.5 Å². The number of fused-ring (bicyclic) bond motifs is 1. The molecule has 1 N–H and O–H groups in total. The Labute approximate surface area is 162 Å². The van der Waals surface area contributed by atoms with Crippen molar-refractivity contribution >= 4 is 22.8 Å². The maximum atomic E-state index is 11.9. The molecule has 9 nitrogen and oxygen atoms in total. The predicted octanol–water partition coefficient (Wildman–Crippen LogP) is 2.11. The van der Waals surface area contributed by atoms with Crippen LogP contribution in [0.1, 0.15) is 12.5 Å². The molecule has 4 heterocycles. The van der Waals surface area contributed by atoms with Crippen molar-refractivity contribution in [1.82, 2.24) is 24.6 Å². The number of hydrogen-bond acceptors (Lipinski definition) is 6. The molecule has 1 amide bonds. The summed E-state index contributed by atoms with van der Waals surface area (Å²) < 4.78 is 6.79. The third-order valence-corrected chi connectivity index (χ3v) is 4.92. The molecule has 3 aromatic rings. The van der Waals surface area contributed by atoms with Crippen molar-refractivity contribution in [1.29, 1.82) is 5.26 Å². The minimum Gasteiger partial charge on any atom is -0.450 e. The molecule has 0 aliphatic carbocycles. The van der Waals surface area contributed by atoms with Gasteiger partial charge < -0.3 is 19.5 Å². The number of nitrogens with zero attached hydrogens (tertiary/aromatic N) is 6. The number of rotatable bonds is 3. The molecular weight excluding hydrogens is 358 g/mol. The zero-order valence-corrected chi connectivity index (χ0v) is 15.8. The lowest BCUT2D eigenvalue weighted by Crippen LogP contribution is -2.49. The maximum absolute atomic E-state index is 11.9. The second-order valence-corrected chi connectivity index (χ2v) is 6.62. The van der Waals surface area contributed by atoms with Gasteiger partial charge in [-0.1, -0.05) is 0 Å². The number of aromatic amines is 1. The average molecular weight is 379 g/mol. The first-order valence-electron chi connectivity index (χ1n) is 9.18. The van der Waals surface area contributed by atoms with Crippen LogP contribution in [0, 0.1) is 11.3 Å². The van der Waals surface area contributed by atoms with E-state index in [1.54, 1.807) is 28.9 Å². The molecule has 1 fully saturated rings. The van der Waals surface area contributed by atoms with Crippen molar-refractivity contribution < 1.29 is 9.53 Å². The van der Waals surface area contributed by atoms with Crippen LogP contribution in [-0.2, 0) is 11.8 Å². The lowest BCUT2D eigenvalue weighted by atomic mass is 10.1. The van der Waals surface area contributed by atoms with Gasteiger partial charge in [0.15, 0.2) is 0 Å². The summed E-state index contributed by atoms with van der Waals surface area (Å²) in [4.78, 5) is 23.5. The van der Waals surface area contributed by atoms with E-state index in [9.17, 15) is 10.1 Å². The van der Waals surface area contributed by atoms with Crippen LogP contribution in [0.25, 0.3) is 22.3 Å². The van der Waals surface area contributed by atoms with Gasteiger partial charge in [-0.05, 0) is 13.0 Å². The molecule has 0 spiro atoms. The molecule has 0 aromatic carbocycles. The standard InChI is InChI=1S/C19H21N7O2/c1-3-28-19(27)26-8-6-25(7-9-26)15-4-5-21-18-16(15)14(10-20)17(23-18)13-11-22-24(2)12-13/h4-5,11-12H,3,6-9H2,1-2H3,(H,21,23). The minimum absolute atomic E-state index is 0.278. The number of amides is 1. The molecule has 9 heteroatoms. The number of nitriles is 1. The van der Waals surface area contributed by atoms with Crippen molar-refractivity contribution in [3.8, 4) is 17.3 Å². The summed E-state index contributed by atoms with van der Waals surface area (Å²) in [5.74, 6) is 0. The third kappa shape index (κ3) is 3.03. The summed E-state index contributed by atoms with van der Waals surface area (Å²) >= 11 is 0. The molecule has 0 saturated carbocycles. The van der Waals surface area contributed by atoms with Crippen LogP contribution in [0.15, 0.2) is 24.7 Å². The third-order valence-electron chi connectivity index (χ3n) is 4.92. The van der Waals surface area contributed by atoms with Crippen molar-refractivity contribution in [3.05, 3.63) is 30.2 Å². The number of carbonyl (C=O) groups is 1. The number of anilines is 1. The fraction of sp³-hybridized carbons (Fsp3) is 0.368. The zero-order valence-electron chi connectivity index (χ0n) is 15.8. The van der Waals surface area contributed by atoms with Gasteiger partial charge in [-0.25, -0.2) is 9.78 Å². The topological polar surface area (TPSA) is 103 Å². The summed E-state index contributed by atoms with van der Waals surface area (Å²) in [5, 5.41) is 14.9. The molecule has 3 aromatic heterocycles. The summed E-state index contributed by atoms with van der Waals surface area (Å²) in [6.45, 7) is 4.65. The Balaban J connectivity index is 1.68. The number of H-pyrrole nitrogens is 1. The highest BCUT2D eigenvalue weighted by Gasteiger charge is 2.25. The normalized spacial score (nSPS) is 14.3. The molecule has 4 rings (SSSR count). The van der Waals surface area contributed by atoms with Crippen molar-refractivity contribution in [3.63, 3.8) is 0 Å². The second-order valence-electron chi connectivity index (χ2n) is 6.62. The fourth-order valence-corrected chi connectivity index (χ4v) is 3.59. The molecule has 0 unspecified atom stereocenters. The molecule has 1 aliphatic heterocycles. The number of aromatic nitrogens is 4. The van der Waals surface area contributed by atoms with Crippen LogP contribution in [0.2, 0.25) is 0 Å². The van der Waals surface area contributed by atoms with E-state index in [-0.39, 0.29) is 6.09 Å².